The number of benzene rings is 1. The predicted molar refractivity (Wildman–Crippen MR) is 77.9 cm³/mol. The SMILES string of the molecule is CCCNC(c1ccccc1Cl)C1CCSC1. The minimum absolute atomic E-state index is 0.429. The van der Waals surface area contributed by atoms with E-state index in [0.717, 1.165) is 17.5 Å². The lowest BCUT2D eigenvalue weighted by Crippen LogP contribution is -2.29. The average Bonchev–Trinajstić information content (AvgIpc) is 2.85. The van der Waals surface area contributed by atoms with E-state index in [9.17, 15) is 0 Å². The lowest BCUT2D eigenvalue weighted by Gasteiger charge is -2.25. The second-order valence-electron chi connectivity index (χ2n) is 4.58. The summed E-state index contributed by atoms with van der Waals surface area (Å²) < 4.78 is 0. The fraction of sp³-hybridized carbons (Fsp3) is 0.571. The Bertz CT molecular complexity index is 350. The largest absolute Gasteiger partial charge is 0.310 e. The average molecular weight is 270 g/mol. The van der Waals surface area contributed by atoms with Crippen molar-refractivity contribution in [3.8, 4) is 0 Å². The monoisotopic (exact) mass is 269 g/mol. The van der Waals surface area contributed by atoms with Crippen LogP contribution in [0.1, 0.15) is 31.4 Å². The van der Waals surface area contributed by atoms with E-state index in [0.29, 0.717) is 6.04 Å². The third kappa shape index (κ3) is 3.40. The van der Waals surface area contributed by atoms with Gasteiger partial charge in [-0.1, -0.05) is 36.7 Å². The fourth-order valence-corrected chi connectivity index (χ4v) is 3.92. The van der Waals surface area contributed by atoms with Crippen molar-refractivity contribution in [1.29, 1.82) is 0 Å². The molecule has 0 saturated carbocycles. The van der Waals surface area contributed by atoms with Crippen LogP contribution in [0.3, 0.4) is 0 Å². The standard InChI is InChI=1S/C14H20ClNS/c1-2-8-16-14(11-7-9-17-10-11)12-5-3-4-6-13(12)15/h3-6,11,14,16H,2,7-10H2,1H3. The number of halogens is 1. The zero-order valence-corrected chi connectivity index (χ0v) is 11.9. The number of nitrogens with one attached hydrogen (secondary N) is 1. The topological polar surface area (TPSA) is 12.0 Å². The highest BCUT2D eigenvalue weighted by Crippen LogP contribution is 2.36. The first-order valence-corrected chi connectivity index (χ1v) is 7.91. The molecule has 2 rings (SSSR count). The summed E-state index contributed by atoms with van der Waals surface area (Å²) in [5.74, 6) is 3.28. The summed E-state index contributed by atoms with van der Waals surface area (Å²) in [6.07, 6.45) is 2.47. The quantitative estimate of drug-likeness (QED) is 0.862. The van der Waals surface area contributed by atoms with Gasteiger partial charge in [0.1, 0.15) is 0 Å². The van der Waals surface area contributed by atoms with Gasteiger partial charge >= 0.3 is 0 Å². The first-order chi connectivity index (χ1) is 8.33. The van der Waals surface area contributed by atoms with E-state index >= 15 is 0 Å². The molecule has 3 heteroatoms. The highest BCUT2D eigenvalue weighted by Gasteiger charge is 2.27. The van der Waals surface area contributed by atoms with Crippen molar-refractivity contribution >= 4 is 23.4 Å². The lowest BCUT2D eigenvalue weighted by atomic mass is 9.92. The molecule has 0 aliphatic carbocycles. The third-order valence-corrected chi connectivity index (χ3v) is 4.82. The maximum atomic E-state index is 6.33. The Kier molecular flexibility index (Phi) is 5.20. The van der Waals surface area contributed by atoms with Gasteiger partial charge in [0, 0.05) is 11.1 Å². The molecule has 0 bridgehead atoms. The van der Waals surface area contributed by atoms with Crippen LogP contribution in [-0.4, -0.2) is 18.1 Å². The smallest absolute Gasteiger partial charge is 0.0453 e. The van der Waals surface area contributed by atoms with Crippen molar-refractivity contribution in [1.82, 2.24) is 5.32 Å². The van der Waals surface area contributed by atoms with Crippen LogP contribution in [0.4, 0.5) is 0 Å². The minimum atomic E-state index is 0.429. The van der Waals surface area contributed by atoms with Crippen LogP contribution in [0, 0.1) is 5.92 Å². The molecule has 1 fully saturated rings. The minimum Gasteiger partial charge on any atom is -0.310 e. The van der Waals surface area contributed by atoms with Crippen LogP contribution in [0.25, 0.3) is 0 Å². The highest BCUT2D eigenvalue weighted by molar-refractivity contribution is 7.99. The third-order valence-electron chi connectivity index (χ3n) is 3.29. The molecule has 0 spiro atoms. The Morgan fingerprint density at radius 3 is 2.94 bits per heavy atom. The second-order valence-corrected chi connectivity index (χ2v) is 6.13. The number of hydrogen-bond donors (Lipinski definition) is 1. The Labute approximate surface area is 113 Å². The molecule has 17 heavy (non-hydrogen) atoms. The van der Waals surface area contributed by atoms with E-state index in [2.05, 4.69) is 36.1 Å². The van der Waals surface area contributed by atoms with Crippen LogP contribution in [0.2, 0.25) is 5.02 Å². The predicted octanol–water partition coefficient (Wildman–Crippen LogP) is 4.13. The van der Waals surface area contributed by atoms with Gasteiger partial charge in [0.15, 0.2) is 0 Å². The van der Waals surface area contributed by atoms with Crippen LogP contribution < -0.4 is 5.32 Å². The summed E-state index contributed by atoms with van der Waals surface area (Å²) in [7, 11) is 0. The van der Waals surface area contributed by atoms with Crippen molar-refractivity contribution in [2.75, 3.05) is 18.1 Å². The second kappa shape index (κ2) is 6.67. The Balaban J connectivity index is 2.16. The lowest BCUT2D eigenvalue weighted by molar-refractivity contribution is 0.394. The highest BCUT2D eigenvalue weighted by atomic mass is 35.5. The maximum absolute atomic E-state index is 6.33. The molecule has 1 aliphatic rings. The van der Waals surface area contributed by atoms with E-state index < -0.39 is 0 Å². The van der Waals surface area contributed by atoms with Crippen molar-refractivity contribution < 1.29 is 0 Å². The van der Waals surface area contributed by atoms with Gasteiger partial charge in [-0.15, -0.1) is 0 Å². The molecule has 1 N–H and O–H groups in total. The van der Waals surface area contributed by atoms with Crippen molar-refractivity contribution in [2.45, 2.75) is 25.8 Å². The molecule has 0 amide bonds. The summed E-state index contributed by atoms with van der Waals surface area (Å²) in [5, 5.41) is 4.57. The Morgan fingerprint density at radius 1 is 1.47 bits per heavy atom. The molecule has 0 radical (unpaired) electrons. The summed E-state index contributed by atoms with van der Waals surface area (Å²) in [6.45, 7) is 3.27. The number of rotatable bonds is 5. The van der Waals surface area contributed by atoms with Gasteiger partial charge in [-0.25, -0.2) is 0 Å². The number of hydrogen-bond acceptors (Lipinski definition) is 2. The van der Waals surface area contributed by atoms with Crippen LogP contribution in [0.5, 0.6) is 0 Å². The van der Waals surface area contributed by atoms with Gasteiger partial charge in [-0.3, -0.25) is 0 Å². The van der Waals surface area contributed by atoms with E-state index in [1.807, 2.05) is 12.1 Å². The van der Waals surface area contributed by atoms with Crippen LogP contribution in [-0.2, 0) is 0 Å². The van der Waals surface area contributed by atoms with Crippen molar-refractivity contribution in [3.63, 3.8) is 0 Å². The summed E-state index contributed by atoms with van der Waals surface area (Å²) in [4.78, 5) is 0. The Hall–Kier alpha value is -0.180. The molecular weight excluding hydrogens is 250 g/mol. The molecule has 2 atom stereocenters. The summed E-state index contributed by atoms with van der Waals surface area (Å²) in [5.41, 5.74) is 1.27. The summed E-state index contributed by atoms with van der Waals surface area (Å²) >= 11 is 8.39. The van der Waals surface area contributed by atoms with Crippen LogP contribution in [0.15, 0.2) is 24.3 Å². The van der Waals surface area contributed by atoms with Crippen molar-refractivity contribution in [3.05, 3.63) is 34.9 Å². The van der Waals surface area contributed by atoms with Gasteiger partial charge in [0.2, 0.25) is 0 Å². The summed E-state index contributed by atoms with van der Waals surface area (Å²) in [6, 6.07) is 8.69. The van der Waals surface area contributed by atoms with E-state index in [-0.39, 0.29) is 0 Å². The molecule has 1 heterocycles. The molecule has 1 aromatic rings. The zero-order chi connectivity index (χ0) is 12.1. The van der Waals surface area contributed by atoms with Gasteiger partial charge in [-0.05, 0) is 48.4 Å². The zero-order valence-electron chi connectivity index (χ0n) is 10.3. The first kappa shape index (κ1) is 13.3. The van der Waals surface area contributed by atoms with Gasteiger partial charge in [0.05, 0.1) is 0 Å². The van der Waals surface area contributed by atoms with E-state index in [4.69, 9.17) is 11.6 Å². The first-order valence-electron chi connectivity index (χ1n) is 6.38. The van der Waals surface area contributed by atoms with E-state index in [1.54, 1.807) is 0 Å². The van der Waals surface area contributed by atoms with Crippen LogP contribution >= 0.6 is 23.4 Å². The van der Waals surface area contributed by atoms with Gasteiger partial charge in [-0.2, -0.15) is 11.8 Å². The molecule has 94 valence electrons. The molecule has 0 aromatic heterocycles. The van der Waals surface area contributed by atoms with Gasteiger partial charge < -0.3 is 5.32 Å². The molecule has 2 unspecified atom stereocenters. The van der Waals surface area contributed by atoms with Crippen molar-refractivity contribution in [2.24, 2.45) is 5.92 Å². The maximum Gasteiger partial charge on any atom is 0.0453 e. The molecule has 1 aromatic carbocycles. The Morgan fingerprint density at radius 2 is 2.29 bits per heavy atom. The normalized spacial score (nSPS) is 21.6. The molecular formula is C14H20ClNS. The van der Waals surface area contributed by atoms with E-state index in [1.165, 1.54) is 29.9 Å². The molecule has 1 saturated heterocycles. The fourth-order valence-electron chi connectivity index (χ4n) is 2.37. The number of thioether (sulfide) groups is 1. The molecule has 1 aliphatic heterocycles. The van der Waals surface area contributed by atoms with Gasteiger partial charge in [0.25, 0.3) is 0 Å². The molecule has 1 nitrogen and oxygen atoms in total.